The van der Waals surface area contributed by atoms with Crippen LogP contribution in [0.1, 0.15) is 31.4 Å². The van der Waals surface area contributed by atoms with Crippen molar-refractivity contribution in [1.82, 2.24) is 9.78 Å². The van der Waals surface area contributed by atoms with Gasteiger partial charge in [0, 0.05) is 12.1 Å². The fourth-order valence-corrected chi connectivity index (χ4v) is 2.69. The van der Waals surface area contributed by atoms with Gasteiger partial charge in [0.25, 0.3) is 5.91 Å². The first-order chi connectivity index (χ1) is 12.5. The fraction of sp³-hybridized carbons (Fsp3) is 0.316. The first-order valence-electron chi connectivity index (χ1n) is 8.56. The summed E-state index contributed by atoms with van der Waals surface area (Å²) in [6, 6.07) is 9.10. The van der Waals surface area contributed by atoms with Crippen LogP contribution in [-0.2, 0) is 9.59 Å². The molecule has 2 aromatic rings. The number of carbonyl (C=O) groups is 2. The Bertz CT molecular complexity index is 806. The number of amides is 2. The van der Waals surface area contributed by atoms with Gasteiger partial charge in [-0.25, -0.2) is 4.68 Å². The number of anilines is 1. The predicted molar refractivity (Wildman–Crippen MR) is 98.5 cm³/mol. The number of primary amides is 1. The van der Waals surface area contributed by atoms with Crippen molar-refractivity contribution in [2.45, 2.75) is 25.8 Å². The second kappa shape index (κ2) is 7.86. The van der Waals surface area contributed by atoms with Crippen molar-refractivity contribution >= 4 is 23.7 Å². The van der Waals surface area contributed by atoms with Crippen LogP contribution in [0.15, 0.2) is 42.6 Å². The average molecular weight is 354 g/mol. The molecule has 2 amide bonds. The Kier molecular flexibility index (Phi) is 5.36. The Morgan fingerprint density at radius 1 is 1.35 bits per heavy atom. The van der Waals surface area contributed by atoms with Gasteiger partial charge < -0.3 is 15.8 Å². The number of hydrogen-bond acceptors (Lipinski definition) is 4. The van der Waals surface area contributed by atoms with E-state index >= 15 is 0 Å². The average Bonchev–Trinajstić information content (AvgIpc) is 3.38. The van der Waals surface area contributed by atoms with Crippen LogP contribution in [-0.4, -0.2) is 28.2 Å². The lowest BCUT2D eigenvalue weighted by atomic mass is 10.2. The lowest BCUT2D eigenvalue weighted by molar-refractivity contribution is -0.120. The summed E-state index contributed by atoms with van der Waals surface area (Å²) in [7, 11) is 0. The second-order valence-corrected chi connectivity index (χ2v) is 6.39. The van der Waals surface area contributed by atoms with E-state index in [1.165, 1.54) is 18.9 Å². The third-order valence-corrected chi connectivity index (χ3v) is 4.30. The number of carbonyl (C=O) groups excluding carboxylic acids is 2. The summed E-state index contributed by atoms with van der Waals surface area (Å²) in [6.45, 7) is 1.96. The van der Waals surface area contributed by atoms with Gasteiger partial charge in [-0.15, -0.1) is 0 Å². The number of hydrogen-bond donors (Lipinski definition) is 2. The number of rotatable bonds is 8. The monoisotopic (exact) mass is 354 g/mol. The van der Waals surface area contributed by atoms with E-state index in [1.54, 1.807) is 42.6 Å². The van der Waals surface area contributed by atoms with Gasteiger partial charge in [0.05, 0.1) is 12.2 Å². The van der Waals surface area contributed by atoms with Crippen LogP contribution in [0.25, 0.3) is 6.08 Å². The molecular formula is C19H22N4O3. The second-order valence-electron chi connectivity index (χ2n) is 6.39. The molecule has 3 rings (SSSR count). The van der Waals surface area contributed by atoms with Crippen LogP contribution < -0.4 is 15.8 Å². The first kappa shape index (κ1) is 17.7. The number of nitrogens with zero attached hydrogens (tertiary/aromatic N) is 2. The standard InChI is InChI=1S/C19H22N4O3/c1-13(15-5-6-15)23-18(10-11-21-23)22-19(25)9-4-14-2-7-16(8-3-14)26-12-17(20)24/h2-4,7-11,13,15H,5-6,12H2,1H3,(H2,20,24)(H,22,25)/b9-4+. The molecule has 1 aliphatic carbocycles. The van der Waals surface area contributed by atoms with Crippen molar-refractivity contribution in [3.63, 3.8) is 0 Å². The van der Waals surface area contributed by atoms with E-state index in [-0.39, 0.29) is 18.6 Å². The summed E-state index contributed by atoms with van der Waals surface area (Å²) in [5.41, 5.74) is 5.87. The lowest BCUT2D eigenvalue weighted by Crippen LogP contribution is -2.19. The summed E-state index contributed by atoms with van der Waals surface area (Å²) in [5.74, 6) is 1.15. The summed E-state index contributed by atoms with van der Waals surface area (Å²) in [6.07, 6.45) is 7.31. The Morgan fingerprint density at radius 2 is 2.08 bits per heavy atom. The molecule has 1 aromatic heterocycles. The molecule has 0 bridgehead atoms. The molecule has 0 saturated heterocycles. The van der Waals surface area contributed by atoms with E-state index < -0.39 is 5.91 Å². The number of benzene rings is 1. The SMILES string of the molecule is CC(C1CC1)n1nccc1NC(=O)/C=C/c1ccc(OCC(N)=O)cc1. The Morgan fingerprint density at radius 3 is 2.73 bits per heavy atom. The van der Waals surface area contributed by atoms with Gasteiger partial charge >= 0.3 is 0 Å². The van der Waals surface area contributed by atoms with Crippen LogP contribution >= 0.6 is 0 Å². The number of nitrogens with one attached hydrogen (secondary N) is 1. The number of aromatic nitrogens is 2. The van der Waals surface area contributed by atoms with E-state index in [1.807, 2.05) is 4.68 Å². The molecule has 1 heterocycles. The van der Waals surface area contributed by atoms with Gasteiger partial charge in [0.2, 0.25) is 5.91 Å². The first-order valence-corrected chi connectivity index (χ1v) is 8.56. The summed E-state index contributed by atoms with van der Waals surface area (Å²) < 4.78 is 7.06. The van der Waals surface area contributed by atoms with Gasteiger partial charge in [-0.2, -0.15) is 5.10 Å². The zero-order chi connectivity index (χ0) is 18.5. The highest BCUT2D eigenvalue weighted by Crippen LogP contribution is 2.40. The molecule has 1 saturated carbocycles. The minimum absolute atomic E-state index is 0.162. The Labute approximate surface area is 151 Å². The number of ether oxygens (including phenoxy) is 1. The maximum atomic E-state index is 12.2. The zero-order valence-corrected chi connectivity index (χ0v) is 14.6. The molecule has 0 aliphatic heterocycles. The van der Waals surface area contributed by atoms with Crippen LogP contribution in [0.4, 0.5) is 5.82 Å². The molecule has 3 N–H and O–H groups in total. The van der Waals surface area contributed by atoms with Crippen molar-refractivity contribution in [2.75, 3.05) is 11.9 Å². The molecule has 0 spiro atoms. The molecule has 136 valence electrons. The highest BCUT2D eigenvalue weighted by molar-refractivity contribution is 6.01. The van der Waals surface area contributed by atoms with E-state index in [4.69, 9.17) is 10.5 Å². The predicted octanol–water partition coefficient (Wildman–Crippen LogP) is 2.37. The zero-order valence-electron chi connectivity index (χ0n) is 14.6. The smallest absolute Gasteiger partial charge is 0.255 e. The Hall–Kier alpha value is -3.09. The minimum Gasteiger partial charge on any atom is -0.484 e. The molecule has 1 aromatic carbocycles. The van der Waals surface area contributed by atoms with Gasteiger partial charge in [-0.3, -0.25) is 9.59 Å². The van der Waals surface area contributed by atoms with Gasteiger partial charge in [0.1, 0.15) is 11.6 Å². The molecule has 7 heteroatoms. The minimum atomic E-state index is -0.527. The maximum Gasteiger partial charge on any atom is 0.255 e. The molecule has 1 atom stereocenters. The van der Waals surface area contributed by atoms with Gasteiger partial charge in [0.15, 0.2) is 6.61 Å². The summed E-state index contributed by atoms with van der Waals surface area (Å²) >= 11 is 0. The molecule has 7 nitrogen and oxygen atoms in total. The highest BCUT2D eigenvalue weighted by atomic mass is 16.5. The molecule has 0 radical (unpaired) electrons. The molecule has 1 aliphatic rings. The van der Waals surface area contributed by atoms with Gasteiger partial charge in [-0.1, -0.05) is 12.1 Å². The van der Waals surface area contributed by atoms with E-state index in [2.05, 4.69) is 17.3 Å². The van der Waals surface area contributed by atoms with Crippen molar-refractivity contribution in [1.29, 1.82) is 0 Å². The fourth-order valence-electron chi connectivity index (χ4n) is 2.69. The Balaban J connectivity index is 1.56. The van der Waals surface area contributed by atoms with Crippen molar-refractivity contribution in [2.24, 2.45) is 11.7 Å². The van der Waals surface area contributed by atoms with Crippen LogP contribution in [0.5, 0.6) is 5.75 Å². The largest absolute Gasteiger partial charge is 0.484 e. The molecule has 26 heavy (non-hydrogen) atoms. The van der Waals surface area contributed by atoms with Crippen LogP contribution in [0.2, 0.25) is 0 Å². The summed E-state index contributed by atoms with van der Waals surface area (Å²) in [5, 5.41) is 7.19. The normalized spacial score (nSPS) is 15.0. The van der Waals surface area contributed by atoms with Gasteiger partial charge in [-0.05, 0) is 49.5 Å². The topological polar surface area (TPSA) is 99.2 Å². The van der Waals surface area contributed by atoms with Crippen LogP contribution in [0.3, 0.4) is 0 Å². The van der Waals surface area contributed by atoms with E-state index in [0.29, 0.717) is 17.5 Å². The molecule has 1 fully saturated rings. The third-order valence-electron chi connectivity index (χ3n) is 4.30. The molecular weight excluding hydrogens is 332 g/mol. The van der Waals surface area contributed by atoms with E-state index in [0.717, 1.165) is 5.56 Å². The van der Waals surface area contributed by atoms with Crippen molar-refractivity contribution in [3.8, 4) is 5.75 Å². The van der Waals surface area contributed by atoms with E-state index in [9.17, 15) is 9.59 Å². The lowest BCUT2D eigenvalue weighted by Gasteiger charge is -2.14. The quantitative estimate of drug-likeness (QED) is 0.711. The van der Waals surface area contributed by atoms with Crippen molar-refractivity contribution in [3.05, 3.63) is 48.2 Å². The number of nitrogens with two attached hydrogens (primary N) is 1. The summed E-state index contributed by atoms with van der Waals surface area (Å²) in [4.78, 5) is 22.9. The molecule has 1 unspecified atom stereocenters. The van der Waals surface area contributed by atoms with Crippen LogP contribution in [0, 0.1) is 5.92 Å². The highest BCUT2D eigenvalue weighted by Gasteiger charge is 2.30. The third kappa shape index (κ3) is 4.72. The van der Waals surface area contributed by atoms with Crippen molar-refractivity contribution < 1.29 is 14.3 Å². The maximum absolute atomic E-state index is 12.2.